The average Bonchev–Trinajstić information content (AvgIpc) is 2.67. The van der Waals surface area contributed by atoms with Gasteiger partial charge >= 0.3 is 5.97 Å². The molecule has 1 amide bonds. The Morgan fingerprint density at radius 2 is 2.18 bits per heavy atom. The molecule has 1 aromatic rings. The molecule has 0 spiro atoms. The minimum Gasteiger partial charge on any atom is -0.480 e. The molecule has 0 aliphatic rings. The maximum atomic E-state index is 12.1. The number of carboxylic acids is 1. The second-order valence-corrected chi connectivity index (χ2v) is 4.20. The van der Waals surface area contributed by atoms with Crippen LogP contribution in [-0.4, -0.2) is 39.5 Å². The van der Waals surface area contributed by atoms with Crippen molar-refractivity contribution in [1.82, 2.24) is 9.47 Å². The van der Waals surface area contributed by atoms with E-state index in [2.05, 4.69) is 0 Å². The van der Waals surface area contributed by atoms with Gasteiger partial charge in [-0.25, -0.2) is 4.79 Å². The van der Waals surface area contributed by atoms with Crippen LogP contribution >= 0.6 is 11.6 Å². The number of amides is 1. The summed E-state index contributed by atoms with van der Waals surface area (Å²) < 4.78 is 1.69. The third-order valence-electron chi connectivity index (χ3n) is 2.68. The smallest absolute Gasteiger partial charge is 0.326 e. The van der Waals surface area contributed by atoms with E-state index in [0.717, 1.165) is 0 Å². The van der Waals surface area contributed by atoms with E-state index in [1.165, 1.54) is 18.9 Å². The van der Waals surface area contributed by atoms with E-state index in [1.54, 1.807) is 16.8 Å². The van der Waals surface area contributed by atoms with E-state index < -0.39 is 12.0 Å². The molecule has 1 rings (SSSR count). The van der Waals surface area contributed by atoms with Crippen molar-refractivity contribution >= 4 is 23.5 Å². The largest absolute Gasteiger partial charge is 0.480 e. The fraction of sp³-hybridized carbons (Fsp3) is 0.455. The zero-order valence-corrected chi connectivity index (χ0v) is 10.7. The first kappa shape index (κ1) is 13.6. The number of likely N-dealkylation sites (N-methyl/N-ethyl adjacent to an activating group) is 1. The Labute approximate surface area is 105 Å². The standard InChI is InChI=1S/C11H15ClN2O3/c1-4-14-6-8(12)5-9(14)10(15)13(3)7(2)11(16)17/h5-7H,4H2,1-3H3,(H,16,17). The van der Waals surface area contributed by atoms with Crippen molar-refractivity contribution in [2.24, 2.45) is 0 Å². The van der Waals surface area contributed by atoms with Gasteiger partial charge in [-0.15, -0.1) is 0 Å². The molecule has 1 atom stereocenters. The van der Waals surface area contributed by atoms with Crippen LogP contribution in [0.5, 0.6) is 0 Å². The number of rotatable bonds is 4. The number of hydrogen-bond donors (Lipinski definition) is 1. The minimum atomic E-state index is -1.04. The number of aromatic nitrogens is 1. The lowest BCUT2D eigenvalue weighted by atomic mass is 10.2. The molecule has 1 aromatic heterocycles. The Morgan fingerprint density at radius 1 is 1.59 bits per heavy atom. The summed E-state index contributed by atoms with van der Waals surface area (Å²) in [5.41, 5.74) is 0.396. The first-order valence-electron chi connectivity index (χ1n) is 5.24. The van der Waals surface area contributed by atoms with E-state index in [-0.39, 0.29) is 5.91 Å². The van der Waals surface area contributed by atoms with Crippen LogP contribution in [0.4, 0.5) is 0 Å². The summed E-state index contributed by atoms with van der Waals surface area (Å²) in [5.74, 6) is -1.39. The van der Waals surface area contributed by atoms with Crippen LogP contribution in [0.2, 0.25) is 5.02 Å². The second-order valence-electron chi connectivity index (χ2n) is 3.76. The molecule has 1 heterocycles. The number of hydrogen-bond acceptors (Lipinski definition) is 2. The lowest BCUT2D eigenvalue weighted by molar-refractivity contribution is -0.141. The van der Waals surface area contributed by atoms with Crippen molar-refractivity contribution in [3.05, 3.63) is 23.0 Å². The summed E-state index contributed by atoms with van der Waals surface area (Å²) >= 11 is 5.83. The van der Waals surface area contributed by atoms with Crippen LogP contribution in [0, 0.1) is 0 Å². The Morgan fingerprint density at radius 3 is 2.65 bits per heavy atom. The molecule has 94 valence electrons. The third kappa shape index (κ3) is 2.79. The molecular weight excluding hydrogens is 244 g/mol. The van der Waals surface area contributed by atoms with Gasteiger partial charge in [0.05, 0.1) is 5.02 Å². The van der Waals surface area contributed by atoms with E-state index in [0.29, 0.717) is 17.3 Å². The highest BCUT2D eigenvalue weighted by atomic mass is 35.5. The maximum absolute atomic E-state index is 12.1. The number of carboxylic acid groups (broad SMARTS) is 1. The molecule has 0 fully saturated rings. The monoisotopic (exact) mass is 258 g/mol. The fourth-order valence-electron chi connectivity index (χ4n) is 1.44. The van der Waals surface area contributed by atoms with Gasteiger partial charge in [-0.2, -0.15) is 0 Å². The molecule has 0 aliphatic heterocycles. The van der Waals surface area contributed by atoms with Crippen molar-refractivity contribution in [2.75, 3.05) is 7.05 Å². The molecule has 6 heteroatoms. The number of halogens is 1. The average molecular weight is 259 g/mol. The fourth-order valence-corrected chi connectivity index (χ4v) is 1.66. The first-order chi connectivity index (χ1) is 7.88. The summed E-state index contributed by atoms with van der Waals surface area (Å²) in [6.07, 6.45) is 1.65. The predicted molar refractivity (Wildman–Crippen MR) is 64.3 cm³/mol. The Kier molecular flexibility index (Phi) is 4.17. The number of carbonyl (C=O) groups excluding carboxylic acids is 1. The van der Waals surface area contributed by atoms with Gasteiger partial charge < -0.3 is 14.6 Å². The normalized spacial score (nSPS) is 12.2. The summed E-state index contributed by atoms with van der Waals surface area (Å²) in [6, 6.07) is 0.667. The highest BCUT2D eigenvalue weighted by molar-refractivity contribution is 6.31. The van der Waals surface area contributed by atoms with Crippen LogP contribution in [0.1, 0.15) is 24.3 Å². The third-order valence-corrected chi connectivity index (χ3v) is 2.89. The Bertz CT molecular complexity index is 442. The topological polar surface area (TPSA) is 62.5 Å². The number of aryl methyl sites for hydroxylation is 1. The van der Waals surface area contributed by atoms with E-state index in [9.17, 15) is 9.59 Å². The number of carbonyl (C=O) groups is 2. The van der Waals surface area contributed by atoms with E-state index >= 15 is 0 Å². The van der Waals surface area contributed by atoms with E-state index in [1.807, 2.05) is 6.92 Å². The van der Waals surface area contributed by atoms with Gasteiger partial charge in [-0.05, 0) is 19.9 Å². The number of nitrogens with zero attached hydrogens (tertiary/aromatic N) is 2. The summed E-state index contributed by atoms with van der Waals surface area (Å²) in [5, 5.41) is 9.32. The predicted octanol–water partition coefficient (Wildman–Crippen LogP) is 1.71. The van der Waals surface area contributed by atoms with Gasteiger partial charge in [0.15, 0.2) is 0 Å². The molecule has 0 radical (unpaired) electrons. The minimum absolute atomic E-state index is 0.353. The highest BCUT2D eigenvalue weighted by Crippen LogP contribution is 2.16. The lowest BCUT2D eigenvalue weighted by Crippen LogP contribution is -2.40. The zero-order valence-electron chi connectivity index (χ0n) is 9.98. The van der Waals surface area contributed by atoms with E-state index in [4.69, 9.17) is 16.7 Å². The molecule has 1 N–H and O–H groups in total. The van der Waals surface area contributed by atoms with Crippen molar-refractivity contribution < 1.29 is 14.7 Å². The molecule has 0 saturated heterocycles. The highest BCUT2D eigenvalue weighted by Gasteiger charge is 2.24. The molecule has 5 nitrogen and oxygen atoms in total. The SMILES string of the molecule is CCn1cc(Cl)cc1C(=O)N(C)C(C)C(=O)O. The summed E-state index contributed by atoms with van der Waals surface area (Å²) in [6.45, 7) is 3.94. The molecular formula is C11H15ClN2O3. The second kappa shape index (κ2) is 5.23. The van der Waals surface area contributed by atoms with Crippen LogP contribution in [0.3, 0.4) is 0 Å². The van der Waals surface area contributed by atoms with Crippen molar-refractivity contribution in [3.63, 3.8) is 0 Å². The van der Waals surface area contributed by atoms with Crippen molar-refractivity contribution in [3.8, 4) is 0 Å². The number of aliphatic carboxylic acids is 1. The Balaban J connectivity index is 2.99. The zero-order chi connectivity index (χ0) is 13.2. The molecule has 0 bridgehead atoms. The first-order valence-corrected chi connectivity index (χ1v) is 5.62. The van der Waals surface area contributed by atoms with Gasteiger partial charge in [0.1, 0.15) is 11.7 Å². The quantitative estimate of drug-likeness (QED) is 0.894. The van der Waals surface area contributed by atoms with Gasteiger partial charge in [0.25, 0.3) is 5.91 Å². The molecule has 0 aromatic carbocycles. The Hall–Kier alpha value is -1.49. The van der Waals surface area contributed by atoms with Crippen LogP contribution in [0.15, 0.2) is 12.3 Å². The summed E-state index contributed by atoms with van der Waals surface area (Å²) in [4.78, 5) is 24.1. The summed E-state index contributed by atoms with van der Waals surface area (Å²) in [7, 11) is 1.46. The van der Waals surface area contributed by atoms with Gasteiger partial charge in [0.2, 0.25) is 0 Å². The van der Waals surface area contributed by atoms with Crippen LogP contribution < -0.4 is 0 Å². The maximum Gasteiger partial charge on any atom is 0.326 e. The molecule has 1 unspecified atom stereocenters. The molecule has 17 heavy (non-hydrogen) atoms. The van der Waals surface area contributed by atoms with Crippen molar-refractivity contribution in [2.45, 2.75) is 26.4 Å². The lowest BCUT2D eigenvalue weighted by Gasteiger charge is -2.21. The van der Waals surface area contributed by atoms with Crippen molar-refractivity contribution in [1.29, 1.82) is 0 Å². The molecule has 0 aliphatic carbocycles. The van der Waals surface area contributed by atoms with Gasteiger partial charge in [0, 0.05) is 19.8 Å². The van der Waals surface area contributed by atoms with Crippen LogP contribution in [0.25, 0.3) is 0 Å². The molecule has 0 saturated carbocycles. The van der Waals surface area contributed by atoms with Gasteiger partial charge in [-0.3, -0.25) is 4.79 Å². The van der Waals surface area contributed by atoms with Crippen LogP contribution in [-0.2, 0) is 11.3 Å². The van der Waals surface area contributed by atoms with Gasteiger partial charge in [-0.1, -0.05) is 11.6 Å².